The van der Waals surface area contributed by atoms with E-state index in [1.165, 1.54) is 6.26 Å². The average molecular weight is 141 g/mol. The minimum absolute atomic E-state index is 1.17. The van der Waals surface area contributed by atoms with Gasteiger partial charge in [-0.15, -0.1) is 0 Å². The van der Waals surface area contributed by atoms with Gasteiger partial charge in [-0.2, -0.15) is 0 Å². The molecule has 2 heteroatoms. The van der Waals surface area contributed by atoms with Crippen LogP contribution in [0.5, 0.6) is 0 Å². The van der Waals surface area contributed by atoms with E-state index in [0.29, 0.717) is 0 Å². The summed E-state index contributed by atoms with van der Waals surface area (Å²) in [5.41, 5.74) is 5.97. The highest BCUT2D eigenvalue weighted by atomic mass is 28.3. The molecule has 0 saturated carbocycles. The van der Waals surface area contributed by atoms with Gasteiger partial charge in [-0.1, -0.05) is 25.4 Å². The van der Waals surface area contributed by atoms with Gasteiger partial charge in [0.25, 0.3) is 0 Å². The number of hydrogen-bond acceptors (Lipinski definition) is 1. The number of methoxy groups -OCH3 is 1. The quantitative estimate of drug-likeness (QED) is 0.324. The van der Waals surface area contributed by atoms with Gasteiger partial charge >= 0.3 is 0 Å². The second kappa shape index (κ2) is 3.54. The number of hydrogen-bond donors (Lipinski definition) is 0. The minimum atomic E-state index is -1.17. The van der Waals surface area contributed by atoms with E-state index in [2.05, 4.69) is 35.8 Å². The van der Waals surface area contributed by atoms with Crippen molar-refractivity contribution >= 4 is 8.07 Å². The summed E-state index contributed by atoms with van der Waals surface area (Å²) in [7, 11) is 0.443. The lowest BCUT2D eigenvalue weighted by molar-refractivity contribution is 0.339. The smallest absolute Gasteiger partial charge is 0.124 e. The minimum Gasteiger partial charge on any atom is -0.496 e. The Morgan fingerprint density at radius 3 is 2.22 bits per heavy atom. The molecule has 0 amide bonds. The van der Waals surface area contributed by atoms with E-state index in [4.69, 9.17) is 0 Å². The Labute approximate surface area is 58.0 Å². The van der Waals surface area contributed by atoms with Gasteiger partial charge in [0.15, 0.2) is 0 Å². The Hall–Kier alpha value is -0.463. The van der Waals surface area contributed by atoms with Crippen molar-refractivity contribution in [3.8, 4) is 0 Å². The standard InChI is InChI=1S/C7H13OSi/c1-8-6-5-7-9(2,3)4/h6H,1-4H3. The van der Waals surface area contributed by atoms with Crippen molar-refractivity contribution in [1.82, 2.24) is 0 Å². The second-order valence-corrected chi connectivity index (χ2v) is 7.62. The first-order chi connectivity index (χ1) is 4.06. The summed E-state index contributed by atoms with van der Waals surface area (Å²) in [6, 6.07) is 0. The van der Waals surface area contributed by atoms with Gasteiger partial charge in [-0.05, 0) is 5.70 Å². The highest BCUT2D eigenvalue weighted by molar-refractivity contribution is 6.78. The van der Waals surface area contributed by atoms with Gasteiger partial charge in [0.1, 0.15) is 6.26 Å². The third-order valence-corrected chi connectivity index (χ3v) is 1.52. The Morgan fingerprint density at radius 2 is 1.89 bits per heavy atom. The zero-order chi connectivity index (χ0) is 7.33. The fourth-order valence-electron chi connectivity index (χ4n) is 0.305. The van der Waals surface area contributed by atoms with Crippen LogP contribution in [0.1, 0.15) is 0 Å². The summed E-state index contributed by atoms with van der Waals surface area (Å²) in [5.74, 6) is 0. The predicted octanol–water partition coefficient (Wildman–Crippen LogP) is 1.98. The van der Waals surface area contributed by atoms with Gasteiger partial charge < -0.3 is 4.74 Å². The molecule has 0 N–H and O–H groups in total. The Bertz CT molecular complexity index is 126. The zero-order valence-corrected chi connectivity index (χ0v) is 7.49. The summed E-state index contributed by atoms with van der Waals surface area (Å²) in [6.45, 7) is 6.59. The molecule has 0 aliphatic heterocycles. The third kappa shape index (κ3) is 7.54. The maximum atomic E-state index is 4.66. The van der Waals surface area contributed by atoms with Crippen molar-refractivity contribution < 1.29 is 4.74 Å². The van der Waals surface area contributed by atoms with Gasteiger partial charge in [-0.25, -0.2) is 0 Å². The molecule has 0 fully saturated rings. The van der Waals surface area contributed by atoms with Crippen LogP contribution in [-0.4, -0.2) is 15.2 Å². The molecule has 0 saturated heterocycles. The van der Waals surface area contributed by atoms with Gasteiger partial charge in [-0.3, -0.25) is 0 Å². The van der Waals surface area contributed by atoms with Crippen LogP contribution in [-0.2, 0) is 4.74 Å². The summed E-state index contributed by atoms with van der Waals surface area (Å²) < 4.78 is 4.66. The molecule has 0 rings (SSSR count). The first-order valence-electron chi connectivity index (χ1n) is 2.93. The molecule has 0 atom stereocenters. The third-order valence-electron chi connectivity index (χ3n) is 0.624. The van der Waals surface area contributed by atoms with Crippen LogP contribution in [0.4, 0.5) is 0 Å². The van der Waals surface area contributed by atoms with E-state index in [1.807, 2.05) is 0 Å². The molecule has 9 heavy (non-hydrogen) atoms. The molecule has 0 aliphatic rings. The fraction of sp³-hybridized carbons (Fsp3) is 0.571. The molecule has 0 aromatic rings. The van der Waals surface area contributed by atoms with Crippen molar-refractivity contribution in [2.75, 3.05) is 7.11 Å². The molecular formula is C7H13OSi. The van der Waals surface area contributed by atoms with Crippen molar-refractivity contribution in [1.29, 1.82) is 0 Å². The van der Waals surface area contributed by atoms with E-state index in [1.54, 1.807) is 7.11 Å². The lowest BCUT2D eigenvalue weighted by atomic mass is 10.9. The van der Waals surface area contributed by atoms with Crippen LogP contribution in [0.2, 0.25) is 19.6 Å². The molecule has 0 spiro atoms. The van der Waals surface area contributed by atoms with Gasteiger partial charge in [0.2, 0.25) is 0 Å². The van der Waals surface area contributed by atoms with E-state index in [-0.39, 0.29) is 0 Å². The Balaban J connectivity index is 3.84. The van der Waals surface area contributed by atoms with Crippen LogP contribution in [0.3, 0.4) is 0 Å². The molecule has 0 unspecified atom stereocenters. The molecule has 0 aliphatic carbocycles. The van der Waals surface area contributed by atoms with Crippen LogP contribution in [0.15, 0.2) is 12.0 Å². The SMILES string of the molecule is COC=C=[C][Si](C)(C)C. The molecule has 51 valence electrons. The molecule has 1 radical (unpaired) electrons. The van der Waals surface area contributed by atoms with E-state index < -0.39 is 8.07 Å². The van der Waals surface area contributed by atoms with Gasteiger partial charge in [0.05, 0.1) is 15.2 Å². The van der Waals surface area contributed by atoms with E-state index in [9.17, 15) is 0 Å². The lowest BCUT2D eigenvalue weighted by Crippen LogP contribution is -2.15. The molecular weight excluding hydrogens is 128 g/mol. The predicted molar refractivity (Wildman–Crippen MR) is 41.7 cm³/mol. The Kier molecular flexibility index (Phi) is 3.36. The summed E-state index contributed by atoms with van der Waals surface area (Å²) in [5, 5.41) is 0. The summed E-state index contributed by atoms with van der Waals surface area (Å²) >= 11 is 0. The first kappa shape index (κ1) is 8.54. The largest absolute Gasteiger partial charge is 0.496 e. The summed E-state index contributed by atoms with van der Waals surface area (Å²) in [6.07, 6.45) is 1.53. The van der Waals surface area contributed by atoms with E-state index in [0.717, 1.165) is 0 Å². The zero-order valence-electron chi connectivity index (χ0n) is 6.49. The molecule has 0 heterocycles. The lowest BCUT2D eigenvalue weighted by Gasteiger charge is -2.03. The van der Waals surface area contributed by atoms with Crippen molar-refractivity contribution in [2.45, 2.75) is 19.6 Å². The number of ether oxygens (including phenoxy) is 1. The first-order valence-corrected chi connectivity index (χ1v) is 6.43. The van der Waals surface area contributed by atoms with E-state index >= 15 is 0 Å². The molecule has 1 nitrogen and oxygen atoms in total. The molecule has 0 bridgehead atoms. The van der Waals surface area contributed by atoms with Crippen LogP contribution < -0.4 is 0 Å². The highest BCUT2D eigenvalue weighted by Crippen LogP contribution is 1.98. The van der Waals surface area contributed by atoms with Crippen molar-refractivity contribution in [3.63, 3.8) is 0 Å². The maximum absolute atomic E-state index is 4.66. The normalized spacial score (nSPS) is 9.78. The highest BCUT2D eigenvalue weighted by Gasteiger charge is 2.06. The Morgan fingerprint density at radius 1 is 1.33 bits per heavy atom. The van der Waals surface area contributed by atoms with Crippen molar-refractivity contribution in [2.24, 2.45) is 0 Å². The summed E-state index contributed by atoms with van der Waals surface area (Å²) in [4.78, 5) is 0. The van der Waals surface area contributed by atoms with Crippen molar-refractivity contribution in [3.05, 3.63) is 17.7 Å². The average Bonchev–Trinajstić information content (AvgIpc) is 1.63. The maximum Gasteiger partial charge on any atom is 0.124 e. The molecule has 0 aromatic heterocycles. The second-order valence-electron chi connectivity index (χ2n) is 2.87. The number of rotatable bonds is 2. The monoisotopic (exact) mass is 141 g/mol. The topological polar surface area (TPSA) is 9.23 Å². The molecule has 0 aromatic carbocycles. The van der Waals surface area contributed by atoms with Crippen LogP contribution in [0, 0.1) is 5.70 Å². The fourth-order valence-corrected chi connectivity index (χ4v) is 0.797. The van der Waals surface area contributed by atoms with Crippen LogP contribution in [0.25, 0.3) is 0 Å². The van der Waals surface area contributed by atoms with Crippen LogP contribution >= 0.6 is 0 Å². The van der Waals surface area contributed by atoms with Gasteiger partial charge in [0, 0.05) is 0 Å².